The highest BCUT2D eigenvalue weighted by Gasteiger charge is 2.23. The van der Waals surface area contributed by atoms with E-state index in [-0.39, 0.29) is 0 Å². The van der Waals surface area contributed by atoms with Crippen molar-refractivity contribution in [2.75, 3.05) is 26.0 Å². The largest absolute Gasteiger partial charge is 0.347 e. The Labute approximate surface area is 136 Å². The maximum atomic E-state index is 5.42. The van der Waals surface area contributed by atoms with Crippen LogP contribution >= 0.6 is 0 Å². The predicted octanol–water partition coefficient (Wildman–Crippen LogP) is 2.22. The Kier molecular flexibility index (Phi) is 4.85. The predicted molar refractivity (Wildman–Crippen MR) is 87.0 cm³/mol. The maximum Gasteiger partial charge on any atom is 0.229 e. The minimum atomic E-state index is 0.466. The second-order valence-corrected chi connectivity index (χ2v) is 6.49. The summed E-state index contributed by atoms with van der Waals surface area (Å²) >= 11 is 0. The van der Waals surface area contributed by atoms with Crippen LogP contribution in [0.3, 0.4) is 0 Å². The summed E-state index contributed by atoms with van der Waals surface area (Å²) in [5.74, 6) is 2.74. The van der Waals surface area contributed by atoms with E-state index in [4.69, 9.17) is 4.52 Å². The Balaban J connectivity index is 1.55. The van der Waals surface area contributed by atoms with Crippen LogP contribution in [0.2, 0.25) is 0 Å². The second kappa shape index (κ2) is 7.04. The van der Waals surface area contributed by atoms with Gasteiger partial charge in [-0.15, -0.1) is 0 Å². The highest BCUT2D eigenvalue weighted by atomic mass is 16.5. The lowest BCUT2D eigenvalue weighted by atomic mass is 10.1. The van der Waals surface area contributed by atoms with Gasteiger partial charge in [-0.25, -0.2) is 9.97 Å². The molecule has 0 radical (unpaired) electrons. The Morgan fingerprint density at radius 1 is 1.09 bits per heavy atom. The first-order valence-corrected chi connectivity index (χ1v) is 8.11. The van der Waals surface area contributed by atoms with Crippen LogP contribution in [0.25, 0.3) is 0 Å². The second-order valence-electron chi connectivity index (χ2n) is 6.49. The summed E-state index contributed by atoms with van der Waals surface area (Å²) in [5.41, 5.74) is 1.07. The average Bonchev–Trinajstić information content (AvgIpc) is 3.18. The van der Waals surface area contributed by atoms with Gasteiger partial charge < -0.3 is 9.42 Å². The zero-order chi connectivity index (χ0) is 16.2. The summed E-state index contributed by atoms with van der Waals surface area (Å²) in [4.78, 5) is 17.2. The van der Waals surface area contributed by atoms with Gasteiger partial charge >= 0.3 is 0 Å². The molecule has 7 nitrogen and oxygen atoms in total. The molecule has 0 aliphatic heterocycles. The number of hydrogen-bond donors (Lipinski definition) is 0. The first-order chi connectivity index (χ1) is 11.1. The molecule has 0 amide bonds. The van der Waals surface area contributed by atoms with E-state index in [0.29, 0.717) is 12.5 Å². The molecule has 1 fully saturated rings. The van der Waals surface area contributed by atoms with Crippen molar-refractivity contribution in [1.82, 2.24) is 25.0 Å². The molecule has 2 aromatic heterocycles. The van der Waals surface area contributed by atoms with Crippen LogP contribution in [0.1, 0.15) is 48.9 Å². The smallest absolute Gasteiger partial charge is 0.229 e. The van der Waals surface area contributed by atoms with Gasteiger partial charge in [0.15, 0.2) is 5.82 Å². The minimum absolute atomic E-state index is 0.466. The highest BCUT2D eigenvalue weighted by Crippen LogP contribution is 2.32. The van der Waals surface area contributed by atoms with Crippen LogP contribution in [0.5, 0.6) is 0 Å². The van der Waals surface area contributed by atoms with E-state index >= 15 is 0 Å². The monoisotopic (exact) mass is 316 g/mol. The molecule has 7 heteroatoms. The molecule has 0 spiro atoms. The molecular formula is C16H24N6O. The fraction of sp³-hybridized carbons (Fsp3) is 0.625. The van der Waals surface area contributed by atoms with Gasteiger partial charge in [-0.05, 0) is 19.9 Å². The van der Waals surface area contributed by atoms with Crippen molar-refractivity contribution < 1.29 is 4.52 Å². The number of nitrogens with zero attached hydrogens (tertiary/aromatic N) is 6. The Morgan fingerprint density at radius 3 is 2.43 bits per heavy atom. The van der Waals surface area contributed by atoms with Gasteiger partial charge in [0.1, 0.15) is 0 Å². The lowest BCUT2D eigenvalue weighted by Crippen LogP contribution is -2.19. The molecule has 0 aromatic carbocycles. The number of aromatic nitrogens is 4. The van der Waals surface area contributed by atoms with Gasteiger partial charge in [0, 0.05) is 44.5 Å². The first kappa shape index (κ1) is 15.9. The summed E-state index contributed by atoms with van der Waals surface area (Å²) in [7, 11) is 5.89. The topological polar surface area (TPSA) is 71.2 Å². The number of hydrogen-bond acceptors (Lipinski definition) is 7. The molecule has 0 unspecified atom stereocenters. The van der Waals surface area contributed by atoms with Gasteiger partial charge in [-0.1, -0.05) is 18.0 Å². The number of anilines is 1. The van der Waals surface area contributed by atoms with Gasteiger partial charge in [0.2, 0.25) is 11.8 Å². The van der Waals surface area contributed by atoms with Crippen LogP contribution in [0, 0.1) is 0 Å². The molecule has 2 heterocycles. The van der Waals surface area contributed by atoms with E-state index in [1.807, 2.05) is 38.4 Å². The Bertz CT molecular complexity index is 618. The van der Waals surface area contributed by atoms with E-state index in [0.717, 1.165) is 29.8 Å². The molecule has 1 saturated carbocycles. The van der Waals surface area contributed by atoms with E-state index in [2.05, 4.69) is 25.0 Å². The van der Waals surface area contributed by atoms with E-state index in [9.17, 15) is 0 Å². The molecule has 3 rings (SSSR count). The molecule has 1 aliphatic carbocycles. The quantitative estimate of drug-likeness (QED) is 0.809. The average molecular weight is 316 g/mol. The van der Waals surface area contributed by atoms with Crippen molar-refractivity contribution in [2.24, 2.45) is 0 Å². The van der Waals surface area contributed by atoms with E-state index < -0.39 is 0 Å². The SMILES string of the molecule is CN(Cc1cnc(N(C)C)nc1)Cc1noc(C2CCCC2)n1. The van der Waals surface area contributed by atoms with Crippen LogP contribution in [-0.2, 0) is 13.1 Å². The zero-order valence-corrected chi connectivity index (χ0v) is 14.1. The van der Waals surface area contributed by atoms with Crippen molar-refractivity contribution in [3.05, 3.63) is 29.7 Å². The Hall–Kier alpha value is -2.02. The molecule has 0 N–H and O–H groups in total. The molecule has 0 bridgehead atoms. The van der Waals surface area contributed by atoms with Gasteiger partial charge in [-0.3, -0.25) is 4.90 Å². The fourth-order valence-corrected chi connectivity index (χ4v) is 2.94. The summed E-state index contributed by atoms with van der Waals surface area (Å²) < 4.78 is 5.42. The lowest BCUT2D eigenvalue weighted by molar-refractivity contribution is 0.297. The Morgan fingerprint density at radius 2 is 1.78 bits per heavy atom. The van der Waals surface area contributed by atoms with E-state index in [1.54, 1.807) is 0 Å². The molecule has 0 atom stereocenters. The summed E-state index contributed by atoms with van der Waals surface area (Å²) in [6.45, 7) is 1.41. The zero-order valence-electron chi connectivity index (χ0n) is 14.1. The van der Waals surface area contributed by atoms with Crippen LogP contribution < -0.4 is 4.90 Å². The third-order valence-electron chi connectivity index (χ3n) is 4.14. The van der Waals surface area contributed by atoms with Crippen LogP contribution in [0.4, 0.5) is 5.95 Å². The van der Waals surface area contributed by atoms with E-state index in [1.165, 1.54) is 25.7 Å². The van der Waals surface area contributed by atoms with Crippen molar-refractivity contribution in [2.45, 2.75) is 44.7 Å². The van der Waals surface area contributed by atoms with Crippen molar-refractivity contribution in [1.29, 1.82) is 0 Å². The third kappa shape index (κ3) is 4.04. The molecular weight excluding hydrogens is 292 g/mol. The first-order valence-electron chi connectivity index (χ1n) is 8.11. The minimum Gasteiger partial charge on any atom is -0.347 e. The normalized spacial score (nSPS) is 15.5. The summed E-state index contributed by atoms with van der Waals surface area (Å²) in [5, 5.41) is 4.11. The summed E-state index contributed by atoms with van der Waals surface area (Å²) in [6, 6.07) is 0. The number of rotatable bonds is 6. The van der Waals surface area contributed by atoms with Crippen molar-refractivity contribution >= 4 is 5.95 Å². The molecule has 0 saturated heterocycles. The maximum absolute atomic E-state index is 5.42. The molecule has 1 aliphatic rings. The molecule has 124 valence electrons. The van der Waals surface area contributed by atoms with Crippen LogP contribution in [-0.4, -0.2) is 46.2 Å². The van der Waals surface area contributed by atoms with Gasteiger partial charge in [0.05, 0.1) is 6.54 Å². The fourth-order valence-electron chi connectivity index (χ4n) is 2.94. The summed E-state index contributed by atoms with van der Waals surface area (Å²) in [6.07, 6.45) is 8.61. The molecule has 2 aromatic rings. The highest BCUT2D eigenvalue weighted by molar-refractivity contribution is 5.26. The van der Waals surface area contributed by atoms with Gasteiger partial charge in [-0.2, -0.15) is 4.98 Å². The third-order valence-corrected chi connectivity index (χ3v) is 4.14. The molecule has 23 heavy (non-hydrogen) atoms. The van der Waals surface area contributed by atoms with Gasteiger partial charge in [0.25, 0.3) is 0 Å². The standard InChI is InChI=1S/C16H24N6O/c1-21(2)16-17-8-12(9-18-16)10-22(3)11-14-19-15(23-20-14)13-6-4-5-7-13/h8-9,13H,4-7,10-11H2,1-3H3. The lowest BCUT2D eigenvalue weighted by Gasteiger charge is -2.15. The van der Waals surface area contributed by atoms with Crippen molar-refractivity contribution in [3.8, 4) is 0 Å². The van der Waals surface area contributed by atoms with Crippen LogP contribution in [0.15, 0.2) is 16.9 Å². The van der Waals surface area contributed by atoms with Crippen molar-refractivity contribution in [3.63, 3.8) is 0 Å².